The van der Waals surface area contributed by atoms with E-state index in [-0.39, 0.29) is 11.5 Å². The van der Waals surface area contributed by atoms with Gasteiger partial charge >= 0.3 is 0 Å². The van der Waals surface area contributed by atoms with Crippen LogP contribution in [0.3, 0.4) is 0 Å². The smallest absolute Gasteiger partial charge is 0.232 e. The number of hydrogen-bond donors (Lipinski definition) is 1. The Kier molecular flexibility index (Phi) is 3.41. The SMILES string of the molecule is Cc1cc2c(c(C)c1Cl)C(=O)C(=Cc1ccc(O)c(F)c1)O2. The van der Waals surface area contributed by atoms with Gasteiger partial charge in [-0.05, 0) is 54.8 Å². The van der Waals surface area contributed by atoms with Gasteiger partial charge in [-0.25, -0.2) is 4.39 Å². The fraction of sp³-hybridized carbons (Fsp3) is 0.118. The highest BCUT2D eigenvalue weighted by Gasteiger charge is 2.30. The molecule has 1 N–H and O–H groups in total. The Bertz CT molecular complexity index is 840. The van der Waals surface area contributed by atoms with Gasteiger partial charge in [0.25, 0.3) is 0 Å². The second kappa shape index (κ2) is 5.14. The van der Waals surface area contributed by atoms with E-state index in [0.29, 0.717) is 27.5 Å². The van der Waals surface area contributed by atoms with Gasteiger partial charge in [0.15, 0.2) is 17.3 Å². The second-order valence-corrected chi connectivity index (χ2v) is 5.53. The maximum Gasteiger partial charge on any atom is 0.232 e. The van der Waals surface area contributed by atoms with Crippen molar-refractivity contribution in [1.29, 1.82) is 0 Å². The van der Waals surface area contributed by atoms with E-state index in [2.05, 4.69) is 0 Å². The zero-order valence-electron chi connectivity index (χ0n) is 11.9. The molecule has 0 saturated heterocycles. The van der Waals surface area contributed by atoms with Gasteiger partial charge in [0.05, 0.1) is 5.56 Å². The molecule has 2 aromatic carbocycles. The molecule has 0 radical (unpaired) electrons. The van der Waals surface area contributed by atoms with Crippen LogP contribution in [-0.2, 0) is 0 Å². The molecule has 1 aliphatic rings. The molecule has 0 unspecified atom stereocenters. The number of phenols is 1. The Morgan fingerprint density at radius 3 is 2.68 bits per heavy atom. The van der Waals surface area contributed by atoms with Gasteiger partial charge in [-0.15, -0.1) is 0 Å². The fourth-order valence-corrected chi connectivity index (χ4v) is 2.58. The zero-order chi connectivity index (χ0) is 16.0. The maximum atomic E-state index is 13.4. The highest BCUT2D eigenvalue weighted by Crippen LogP contribution is 2.39. The summed E-state index contributed by atoms with van der Waals surface area (Å²) in [5, 5.41) is 9.72. The topological polar surface area (TPSA) is 46.5 Å². The summed E-state index contributed by atoms with van der Waals surface area (Å²) in [4.78, 5) is 12.4. The minimum absolute atomic E-state index is 0.102. The van der Waals surface area contributed by atoms with Crippen LogP contribution in [0.4, 0.5) is 4.39 Å². The quantitative estimate of drug-likeness (QED) is 0.792. The summed E-state index contributed by atoms with van der Waals surface area (Å²) < 4.78 is 18.9. The normalized spacial score (nSPS) is 15.1. The number of carbonyl (C=O) groups excluding carboxylic acids is 1. The van der Waals surface area contributed by atoms with Crippen molar-refractivity contribution in [1.82, 2.24) is 0 Å². The predicted octanol–water partition coefficient (Wildman–Crippen LogP) is 4.42. The summed E-state index contributed by atoms with van der Waals surface area (Å²) in [7, 11) is 0. The van der Waals surface area contributed by atoms with Gasteiger partial charge in [0.2, 0.25) is 5.78 Å². The number of ketones is 1. The number of fused-ring (bicyclic) bond motifs is 1. The number of rotatable bonds is 1. The first kappa shape index (κ1) is 14.6. The van der Waals surface area contributed by atoms with E-state index >= 15 is 0 Å². The van der Waals surface area contributed by atoms with Crippen molar-refractivity contribution in [2.24, 2.45) is 0 Å². The van der Waals surface area contributed by atoms with E-state index in [0.717, 1.165) is 11.6 Å². The number of carbonyl (C=O) groups is 1. The minimum atomic E-state index is -0.757. The Morgan fingerprint density at radius 1 is 1.27 bits per heavy atom. The summed E-state index contributed by atoms with van der Waals surface area (Å²) in [5.41, 5.74) is 2.35. The maximum absolute atomic E-state index is 13.4. The fourth-order valence-electron chi connectivity index (χ4n) is 2.43. The molecule has 22 heavy (non-hydrogen) atoms. The van der Waals surface area contributed by atoms with Crippen LogP contribution in [0.1, 0.15) is 27.0 Å². The van der Waals surface area contributed by atoms with Crippen molar-refractivity contribution in [3.05, 3.63) is 63.1 Å². The van der Waals surface area contributed by atoms with Crippen molar-refractivity contribution in [2.75, 3.05) is 0 Å². The number of hydrogen-bond acceptors (Lipinski definition) is 3. The van der Waals surface area contributed by atoms with Gasteiger partial charge in [0, 0.05) is 5.02 Å². The molecule has 0 atom stereocenters. The highest BCUT2D eigenvalue weighted by molar-refractivity contribution is 6.33. The summed E-state index contributed by atoms with van der Waals surface area (Å²) in [6.45, 7) is 3.60. The Labute approximate surface area is 131 Å². The van der Waals surface area contributed by atoms with Crippen LogP contribution in [-0.4, -0.2) is 10.9 Å². The van der Waals surface area contributed by atoms with Crippen molar-refractivity contribution in [2.45, 2.75) is 13.8 Å². The second-order valence-electron chi connectivity index (χ2n) is 5.16. The van der Waals surface area contributed by atoms with Crippen molar-refractivity contribution in [3.63, 3.8) is 0 Å². The Balaban J connectivity index is 2.05. The molecular weight excluding hydrogens is 307 g/mol. The van der Waals surface area contributed by atoms with Crippen LogP contribution < -0.4 is 4.74 Å². The average molecular weight is 319 g/mol. The third-order valence-corrected chi connectivity index (χ3v) is 4.17. The van der Waals surface area contributed by atoms with Crippen molar-refractivity contribution < 1.29 is 19.0 Å². The molecule has 0 saturated carbocycles. The van der Waals surface area contributed by atoms with E-state index in [1.807, 2.05) is 6.92 Å². The molecule has 5 heteroatoms. The van der Waals surface area contributed by atoms with Gasteiger partial charge < -0.3 is 9.84 Å². The Morgan fingerprint density at radius 2 is 2.00 bits per heavy atom. The van der Waals surface area contributed by atoms with E-state index < -0.39 is 11.6 Å². The molecule has 1 aliphatic heterocycles. The molecule has 3 rings (SSSR count). The standard InChI is InChI=1S/C17H12ClFO3/c1-8-5-13-15(9(2)16(8)18)17(21)14(22-13)7-10-3-4-12(20)11(19)6-10/h3-7,20H,1-2H3. The first-order valence-electron chi connectivity index (χ1n) is 6.61. The molecule has 0 fully saturated rings. The average Bonchev–Trinajstić information content (AvgIpc) is 2.77. The number of ether oxygens (including phenoxy) is 1. The third-order valence-electron chi connectivity index (χ3n) is 3.58. The summed E-state index contributed by atoms with van der Waals surface area (Å²) in [6.07, 6.45) is 1.44. The van der Waals surface area contributed by atoms with E-state index in [1.165, 1.54) is 18.2 Å². The number of allylic oxidation sites excluding steroid dienone is 1. The molecule has 0 amide bonds. The van der Waals surface area contributed by atoms with E-state index in [9.17, 15) is 14.3 Å². The lowest BCUT2D eigenvalue weighted by Crippen LogP contribution is -2.00. The highest BCUT2D eigenvalue weighted by atomic mass is 35.5. The summed E-state index contributed by atoms with van der Waals surface area (Å²) in [6, 6.07) is 5.56. The zero-order valence-corrected chi connectivity index (χ0v) is 12.7. The number of phenolic OH excluding ortho intramolecular Hbond substituents is 1. The number of halogens is 2. The molecule has 1 heterocycles. The Hall–Kier alpha value is -2.33. The molecule has 2 aromatic rings. The molecule has 0 aromatic heterocycles. The molecule has 0 bridgehead atoms. The lowest BCUT2D eigenvalue weighted by Gasteiger charge is -2.05. The largest absolute Gasteiger partial charge is 0.505 e. The lowest BCUT2D eigenvalue weighted by atomic mass is 10.0. The monoisotopic (exact) mass is 318 g/mol. The first-order valence-corrected chi connectivity index (χ1v) is 6.98. The van der Waals surface area contributed by atoms with Gasteiger partial charge in [0.1, 0.15) is 5.75 Å². The van der Waals surface area contributed by atoms with Crippen LogP contribution in [0.5, 0.6) is 11.5 Å². The molecular formula is C17H12ClFO3. The van der Waals surface area contributed by atoms with E-state index in [1.54, 1.807) is 13.0 Å². The van der Waals surface area contributed by atoms with Gasteiger partial charge in [-0.1, -0.05) is 17.7 Å². The van der Waals surface area contributed by atoms with Crippen molar-refractivity contribution in [3.8, 4) is 11.5 Å². The molecule has 0 aliphatic carbocycles. The first-order chi connectivity index (χ1) is 10.4. The van der Waals surface area contributed by atoms with Crippen LogP contribution in [0, 0.1) is 19.7 Å². The number of aryl methyl sites for hydroxylation is 1. The van der Waals surface area contributed by atoms with E-state index in [4.69, 9.17) is 16.3 Å². The van der Waals surface area contributed by atoms with Crippen LogP contribution in [0.15, 0.2) is 30.0 Å². The van der Waals surface area contributed by atoms with Gasteiger partial charge in [-0.3, -0.25) is 4.79 Å². The van der Waals surface area contributed by atoms with Crippen LogP contribution in [0.2, 0.25) is 5.02 Å². The third kappa shape index (κ3) is 2.25. The number of benzene rings is 2. The molecule has 112 valence electrons. The predicted molar refractivity (Wildman–Crippen MR) is 81.9 cm³/mol. The minimum Gasteiger partial charge on any atom is -0.505 e. The van der Waals surface area contributed by atoms with Crippen LogP contribution in [0.25, 0.3) is 6.08 Å². The van der Waals surface area contributed by atoms with Gasteiger partial charge in [-0.2, -0.15) is 0 Å². The lowest BCUT2D eigenvalue weighted by molar-refractivity contribution is 0.101. The number of aromatic hydroxyl groups is 1. The number of Topliss-reactive ketones (excluding diaryl/α,β-unsaturated/α-hetero) is 1. The summed E-state index contributed by atoms with van der Waals surface area (Å²) >= 11 is 6.17. The van der Waals surface area contributed by atoms with Crippen molar-refractivity contribution >= 4 is 23.5 Å². The summed E-state index contributed by atoms with van der Waals surface area (Å²) in [5.74, 6) is -0.933. The van der Waals surface area contributed by atoms with Crippen LogP contribution >= 0.6 is 11.6 Å². The molecule has 0 spiro atoms. The molecule has 3 nitrogen and oxygen atoms in total.